The molecule has 5 heteroatoms. The molecule has 0 saturated carbocycles. The number of anilines is 1. The molecule has 0 unspecified atom stereocenters. The van der Waals surface area contributed by atoms with E-state index in [1.807, 2.05) is 30.3 Å². The summed E-state index contributed by atoms with van der Waals surface area (Å²) in [6.07, 6.45) is 1.41. The predicted octanol–water partition coefficient (Wildman–Crippen LogP) is 3.89. The topological polar surface area (TPSA) is 68.5 Å². The van der Waals surface area contributed by atoms with E-state index in [1.54, 1.807) is 36.4 Å². The van der Waals surface area contributed by atoms with Gasteiger partial charge in [0.2, 0.25) is 5.76 Å². The second-order valence-electron chi connectivity index (χ2n) is 5.07. The summed E-state index contributed by atoms with van der Waals surface area (Å²) in [5.41, 5.74) is 2.05. The molecule has 5 nitrogen and oxygen atoms in total. The van der Waals surface area contributed by atoms with Crippen molar-refractivity contribution in [3.05, 3.63) is 89.9 Å². The van der Waals surface area contributed by atoms with Crippen LogP contribution in [-0.4, -0.2) is 11.9 Å². The number of ether oxygens (including phenoxy) is 1. The summed E-state index contributed by atoms with van der Waals surface area (Å²) < 4.78 is 10.1. The van der Waals surface area contributed by atoms with Crippen LogP contribution in [0.15, 0.2) is 77.4 Å². The van der Waals surface area contributed by atoms with Gasteiger partial charge in [-0.2, -0.15) is 0 Å². The van der Waals surface area contributed by atoms with Gasteiger partial charge in [-0.05, 0) is 42.0 Å². The summed E-state index contributed by atoms with van der Waals surface area (Å²) in [5.74, 6) is -0.555. The minimum absolute atomic E-state index is 0.111. The van der Waals surface area contributed by atoms with Gasteiger partial charge in [0.1, 0.15) is 6.61 Å². The van der Waals surface area contributed by atoms with Gasteiger partial charge in [0, 0.05) is 11.3 Å². The van der Waals surface area contributed by atoms with E-state index in [0.717, 1.165) is 11.3 Å². The van der Waals surface area contributed by atoms with Gasteiger partial charge < -0.3 is 14.5 Å². The van der Waals surface area contributed by atoms with Crippen LogP contribution in [0.25, 0.3) is 0 Å². The van der Waals surface area contributed by atoms with E-state index in [4.69, 9.17) is 9.15 Å². The number of nitrogens with one attached hydrogen (secondary N) is 1. The third-order valence-electron chi connectivity index (χ3n) is 3.34. The molecule has 3 aromatic rings. The Hall–Kier alpha value is -3.34. The first-order valence-corrected chi connectivity index (χ1v) is 7.38. The van der Waals surface area contributed by atoms with Crippen molar-refractivity contribution < 1.29 is 18.7 Å². The highest BCUT2D eigenvalue weighted by Gasteiger charge is 2.10. The van der Waals surface area contributed by atoms with Gasteiger partial charge in [-0.25, -0.2) is 4.79 Å². The summed E-state index contributed by atoms with van der Waals surface area (Å²) in [4.78, 5) is 23.8. The van der Waals surface area contributed by atoms with Gasteiger partial charge >= 0.3 is 5.97 Å². The monoisotopic (exact) mass is 321 g/mol. The Balaban J connectivity index is 1.57. The Morgan fingerprint density at radius 1 is 0.917 bits per heavy atom. The Morgan fingerprint density at radius 3 is 2.33 bits per heavy atom. The zero-order valence-electron chi connectivity index (χ0n) is 12.8. The summed E-state index contributed by atoms with van der Waals surface area (Å²) in [6, 6.07) is 19.3. The molecular formula is C19H15NO4. The predicted molar refractivity (Wildman–Crippen MR) is 88.7 cm³/mol. The van der Waals surface area contributed by atoms with Gasteiger partial charge in [0.05, 0.1) is 6.26 Å². The van der Waals surface area contributed by atoms with Crippen LogP contribution in [0, 0.1) is 0 Å². The average molecular weight is 321 g/mol. The maximum atomic E-state index is 12.1. The highest BCUT2D eigenvalue weighted by molar-refractivity contribution is 6.04. The maximum Gasteiger partial charge on any atom is 0.374 e. The molecule has 1 N–H and O–H groups in total. The molecule has 1 amide bonds. The molecule has 0 saturated heterocycles. The summed E-state index contributed by atoms with van der Waals surface area (Å²) in [5, 5.41) is 2.81. The zero-order chi connectivity index (χ0) is 16.8. The molecule has 0 aliphatic rings. The van der Waals surface area contributed by atoms with Crippen molar-refractivity contribution in [3.8, 4) is 0 Å². The van der Waals surface area contributed by atoms with Crippen molar-refractivity contribution in [2.45, 2.75) is 6.61 Å². The van der Waals surface area contributed by atoms with Crippen LogP contribution in [0.2, 0.25) is 0 Å². The normalized spacial score (nSPS) is 10.2. The number of esters is 1. The lowest BCUT2D eigenvalue weighted by molar-refractivity contribution is 0.0436. The highest BCUT2D eigenvalue weighted by atomic mass is 16.5. The first-order chi connectivity index (χ1) is 11.7. The Kier molecular flexibility index (Phi) is 4.72. The molecule has 0 aliphatic carbocycles. The molecule has 1 heterocycles. The number of para-hydroxylation sites is 1. The SMILES string of the molecule is O=C(Nc1ccccc1)c1ccc(COC(=O)c2ccco2)cc1. The first kappa shape index (κ1) is 15.6. The smallest absolute Gasteiger partial charge is 0.374 e. The average Bonchev–Trinajstić information content (AvgIpc) is 3.16. The van der Waals surface area contributed by atoms with Gasteiger partial charge in [0.15, 0.2) is 0 Å². The van der Waals surface area contributed by atoms with E-state index < -0.39 is 5.97 Å². The van der Waals surface area contributed by atoms with Crippen molar-refractivity contribution in [2.24, 2.45) is 0 Å². The number of furan rings is 1. The van der Waals surface area contributed by atoms with Crippen LogP contribution in [0.5, 0.6) is 0 Å². The van der Waals surface area contributed by atoms with Gasteiger partial charge in [-0.1, -0.05) is 30.3 Å². The molecule has 0 bridgehead atoms. The molecule has 24 heavy (non-hydrogen) atoms. The lowest BCUT2D eigenvalue weighted by Gasteiger charge is -2.06. The number of carbonyl (C=O) groups excluding carboxylic acids is 2. The van der Waals surface area contributed by atoms with E-state index >= 15 is 0 Å². The summed E-state index contributed by atoms with van der Waals surface area (Å²) in [7, 11) is 0. The standard InChI is InChI=1S/C19H15NO4/c21-18(20-16-5-2-1-3-6-16)15-10-8-14(9-11-15)13-24-19(22)17-7-4-12-23-17/h1-12H,13H2,(H,20,21). The van der Waals surface area contributed by atoms with Crippen LogP contribution < -0.4 is 5.32 Å². The van der Waals surface area contributed by atoms with Crippen LogP contribution in [-0.2, 0) is 11.3 Å². The fraction of sp³-hybridized carbons (Fsp3) is 0.0526. The molecule has 1 aromatic heterocycles. The van der Waals surface area contributed by atoms with E-state index in [1.165, 1.54) is 6.26 Å². The summed E-state index contributed by atoms with van der Waals surface area (Å²) in [6.45, 7) is 0.111. The van der Waals surface area contributed by atoms with Crippen molar-refractivity contribution in [2.75, 3.05) is 5.32 Å². The summed E-state index contributed by atoms with van der Waals surface area (Å²) >= 11 is 0. The maximum absolute atomic E-state index is 12.1. The van der Waals surface area contributed by atoms with Crippen molar-refractivity contribution in [1.82, 2.24) is 0 Å². The molecule has 0 spiro atoms. The fourth-order valence-electron chi connectivity index (χ4n) is 2.09. The number of hydrogen-bond acceptors (Lipinski definition) is 4. The molecular weight excluding hydrogens is 306 g/mol. The van der Waals surface area contributed by atoms with Gasteiger partial charge in [0.25, 0.3) is 5.91 Å². The molecule has 2 aromatic carbocycles. The van der Waals surface area contributed by atoms with Crippen molar-refractivity contribution in [3.63, 3.8) is 0 Å². The minimum Gasteiger partial charge on any atom is -0.457 e. The number of hydrogen-bond donors (Lipinski definition) is 1. The van der Waals surface area contributed by atoms with Crippen molar-refractivity contribution in [1.29, 1.82) is 0 Å². The van der Waals surface area contributed by atoms with Gasteiger partial charge in [-0.3, -0.25) is 4.79 Å². The molecule has 3 rings (SSSR count). The number of amides is 1. The van der Waals surface area contributed by atoms with E-state index in [2.05, 4.69) is 5.32 Å². The first-order valence-electron chi connectivity index (χ1n) is 7.38. The van der Waals surface area contributed by atoms with Crippen LogP contribution in [0.1, 0.15) is 26.5 Å². The number of rotatable bonds is 5. The third kappa shape index (κ3) is 3.89. The second kappa shape index (κ2) is 7.28. The largest absolute Gasteiger partial charge is 0.457 e. The van der Waals surface area contributed by atoms with Crippen LogP contribution >= 0.6 is 0 Å². The lowest BCUT2D eigenvalue weighted by Crippen LogP contribution is -2.11. The Bertz CT molecular complexity index is 808. The minimum atomic E-state index is -0.522. The molecule has 0 fully saturated rings. The molecule has 120 valence electrons. The highest BCUT2D eigenvalue weighted by Crippen LogP contribution is 2.11. The van der Waals surface area contributed by atoms with Gasteiger partial charge in [-0.15, -0.1) is 0 Å². The second-order valence-corrected chi connectivity index (χ2v) is 5.07. The molecule has 0 aliphatic heterocycles. The Labute approximate surface area is 138 Å². The quantitative estimate of drug-likeness (QED) is 0.724. The van der Waals surface area contributed by atoms with Crippen LogP contribution in [0.3, 0.4) is 0 Å². The number of carbonyl (C=O) groups is 2. The Morgan fingerprint density at radius 2 is 1.67 bits per heavy atom. The zero-order valence-corrected chi connectivity index (χ0v) is 12.8. The fourth-order valence-corrected chi connectivity index (χ4v) is 2.09. The van der Waals surface area contributed by atoms with E-state index in [9.17, 15) is 9.59 Å². The van der Waals surface area contributed by atoms with E-state index in [0.29, 0.717) is 5.56 Å². The molecule has 0 atom stereocenters. The van der Waals surface area contributed by atoms with E-state index in [-0.39, 0.29) is 18.3 Å². The lowest BCUT2D eigenvalue weighted by atomic mass is 10.1. The third-order valence-corrected chi connectivity index (χ3v) is 3.34. The van der Waals surface area contributed by atoms with Crippen LogP contribution in [0.4, 0.5) is 5.69 Å². The van der Waals surface area contributed by atoms with Crippen molar-refractivity contribution >= 4 is 17.6 Å². The number of benzene rings is 2. The molecule has 0 radical (unpaired) electrons.